The Hall–Kier alpha value is -1.99. The van der Waals surface area contributed by atoms with Crippen molar-refractivity contribution in [1.29, 1.82) is 0 Å². The number of piperazine rings is 1. The van der Waals surface area contributed by atoms with E-state index in [4.69, 9.17) is 5.73 Å². The zero-order valence-corrected chi connectivity index (χ0v) is 15.1. The maximum Gasteiger partial charge on any atom is 0.240 e. The molecule has 2 amide bonds. The first kappa shape index (κ1) is 19.3. The van der Waals surface area contributed by atoms with Gasteiger partial charge >= 0.3 is 0 Å². The quantitative estimate of drug-likeness (QED) is 0.857. The first-order valence-corrected chi connectivity index (χ1v) is 8.49. The summed E-state index contributed by atoms with van der Waals surface area (Å²) in [6, 6.07) is 5.13. The Balaban J connectivity index is 1.79. The molecule has 0 aromatic heterocycles. The number of nitrogens with two attached hydrogens (primary N) is 1. The van der Waals surface area contributed by atoms with Gasteiger partial charge in [-0.2, -0.15) is 0 Å². The van der Waals surface area contributed by atoms with E-state index in [1.54, 1.807) is 4.90 Å². The van der Waals surface area contributed by atoms with Crippen LogP contribution in [0.4, 0.5) is 10.1 Å². The molecule has 0 spiro atoms. The molecule has 25 heavy (non-hydrogen) atoms. The molecule has 6 nitrogen and oxygen atoms in total. The second-order valence-electron chi connectivity index (χ2n) is 7.50. The van der Waals surface area contributed by atoms with Crippen LogP contribution in [0, 0.1) is 11.2 Å². The molecule has 3 N–H and O–H groups in total. The highest BCUT2D eigenvalue weighted by molar-refractivity contribution is 5.92. The number of rotatable bonds is 4. The van der Waals surface area contributed by atoms with Crippen LogP contribution in [0.25, 0.3) is 0 Å². The van der Waals surface area contributed by atoms with Crippen molar-refractivity contribution in [1.82, 2.24) is 9.80 Å². The van der Waals surface area contributed by atoms with Crippen LogP contribution in [0.2, 0.25) is 0 Å². The van der Waals surface area contributed by atoms with Crippen molar-refractivity contribution in [3.8, 4) is 0 Å². The normalized spacial score (nSPS) is 17.2. The van der Waals surface area contributed by atoms with Crippen LogP contribution in [0.15, 0.2) is 24.3 Å². The van der Waals surface area contributed by atoms with Crippen LogP contribution in [0.1, 0.15) is 20.8 Å². The fourth-order valence-electron chi connectivity index (χ4n) is 2.63. The first-order chi connectivity index (χ1) is 11.7. The Bertz CT molecular complexity index is 604. The Kier molecular flexibility index (Phi) is 6.13. The maximum atomic E-state index is 12.9. The van der Waals surface area contributed by atoms with Gasteiger partial charge in [0.05, 0.1) is 12.6 Å². The van der Waals surface area contributed by atoms with E-state index in [-0.39, 0.29) is 29.6 Å². The van der Waals surface area contributed by atoms with Crippen molar-refractivity contribution in [2.24, 2.45) is 11.1 Å². The Morgan fingerprint density at radius 3 is 2.24 bits per heavy atom. The molecule has 0 unspecified atom stereocenters. The van der Waals surface area contributed by atoms with E-state index in [0.717, 1.165) is 0 Å². The molecule has 0 bridgehead atoms. The topological polar surface area (TPSA) is 78.7 Å². The van der Waals surface area contributed by atoms with Gasteiger partial charge < -0.3 is 16.0 Å². The summed E-state index contributed by atoms with van der Waals surface area (Å²) in [4.78, 5) is 28.2. The number of carbonyl (C=O) groups is 2. The van der Waals surface area contributed by atoms with Crippen molar-refractivity contribution in [2.45, 2.75) is 26.8 Å². The number of benzene rings is 1. The lowest BCUT2D eigenvalue weighted by Crippen LogP contribution is -2.56. The number of hydrogen-bond donors (Lipinski definition) is 2. The highest BCUT2D eigenvalue weighted by Gasteiger charge is 2.32. The van der Waals surface area contributed by atoms with Gasteiger partial charge in [-0.3, -0.25) is 14.5 Å². The predicted octanol–water partition coefficient (Wildman–Crippen LogP) is 1.28. The third-order valence-corrected chi connectivity index (χ3v) is 4.38. The molecule has 1 aliphatic heterocycles. The Morgan fingerprint density at radius 2 is 1.72 bits per heavy atom. The van der Waals surface area contributed by atoms with E-state index in [1.807, 2.05) is 25.7 Å². The molecule has 1 aromatic carbocycles. The summed E-state index contributed by atoms with van der Waals surface area (Å²) in [5.74, 6) is -0.534. The summed E-state index contributed by atoms with van der Waals surface area (Å²) in [6.07, 6.45) is 0. The van der Waals surface area contributed by atoms with Crippen molar-refractivity contribution < 1.29 is 14.0 Å². The SMILES string of the molecule is CC(C)(C)[C@H](N)C(=O)N1CCN(CC(=O)Nc2ccc(F)cc2)CC1. The molecule has 1 saturated heterocycles. The number of nitrogens with zero attached hydrogens (tertiary/aromatic N) is 2. The summed E-state index contributed by atoms with van der Waals surface area (Å²) in [5.41, 5.74) is 6.33. The van der Waals surface area contributed by atoms with Gasteiger partial charge in [0, 0.05) is 31.9 Å². The van der Waals surface area contributed by atoms with Crippen LogP contribution in [-0.2, 0) is 9.59 Å². The van der Waals surface area contributed by atoms with Crippen LogP contribution < -0.4 is 11.1 Å². The fourth-order valence-corrected chi connectivity index (χ4v) is 2.63. The van der Waals surface area contributed by atoms with E-state index in [9.17, 15) is 14.0 Å². The molecule has 0 radical (unpaired) electrons. The highest BCUT2D eigenvalue weighted by atomic mass is 19.1. The molecule has 2 rings (SSSR count). The Morgan fingerprint density at radius 1 is 1.16 bits per heavy atom. The van der Waals surface area contributed by atoms with Gasteiger partial charge in [0.25, 0.3) is 0 Å². The van der Waals surface area contributed by atoms with Gasteiger partial charge in [-0.05, 0) is 29.7 Å². The summed E-state index contributed by atoms with van der Waals surface area (Å²) in [5, 5.41) is 2.74. The van der Waals surface area contributed by atoms with E-state index < -0.39 is 6.04 Å². The lowest BCUT2D eigenvalue weighted by molar-refractivity contribution is -0.136. The zero-order valence-electron chi connectivity index (χ0n) is 15.1. The monoisotopic (exact) mass is 350 g/mol. The van der Waals surface area contributed by atoms with Crippen LogP contribution in [-0.4, -0.2) is 60.4 Å². The van der Waals surface area contributed by atoms with Gasteiger partial charge in [0.2, 0.25) is 11.8 Å². The van der Waals surface area contributed by atoms with Gasteiger partial charge in [0.15, 0.2) is 0 Å². The molecular weight excluding hydrogens is 323 g/mol. The largest absolute Gasteiger partial charge is 0.339 e. The lowest BCUT2D eigenvalue weighted by atomic mass is 9.86. The average molecular weight is 350 g/mol. The molecule has 1 aliphatic rings. The third-order valence-electron chi connectivity index (χ3n) is 4.38. The summed E-state index contributed by atoms with van der Waals surface area (Å²) in [6.45, 7) is 8.46. The number of halogens is 1. The summed E-state index contributed by atoms with van der Waals surface area (Å²) < 4.78 is 12.9. The number of amides is 2. The molecule has 1 aromatic rings. The predicted molar refractivity (Wildman–Crippen MR) is 95.5 cm³/mol. The standard InChI is InChI=1S/C18H27FN4O2/c1-18(2,3)16(20)17(25)23-10-8-22(9-11-23)12-15(24)21-14-6-4-13(19)5-7-14/h4-7,16H,8-12,20H2,1-3H3,(H,21,24)/t16-/m1/s1. The van der Waals surface area contributed by atoms with Crippen molar-refractivity contribution in [3.05, 3.63) is 30.1 Å². The molecule has 1 heterocycles. The molecule has 1 fully saturated rings. The first-order valence-electron chi connectivity index (χ1n) is 8.49. The zero-order chi connectivity index (χ0) is 18.6. The highest BCUT2D eigenvalue weighted by Crippen LogP contribution is 2.19. The molecular formula is C18H27FN4O2. The van der Waals surface area contributed by atoms with Crippen molar-refractivity contribution in [2.75, 3.05) is 38.0 Å². The molecule has 0 aliphatic carbocycles. The lowest BCUT2D eigenvalue weighted by Gasteiger charge is -2.37. The smallest absolute Gasteiger partial charge is 0.240 e. The second-order valence-corrected chi connectivity index (χ2v) is 7.50. The number of carbonyl (C=O) groups excluding carboxylic acids is 2. The maximum absolute atomic E-state index is 12.9. The minimum absolute atomic E-state index is 0.0390. The van der Waals surface area contributed by atoms with Crippen LogP contribution in [0.3, 0.4) is 0 Å². The van der Waals surface area contributed by atoms with Crippen molar-refractivity contribution >= 4 is 17.5 Å². The average Bonchev–Trinajstić information content (AvgIpc) is 2.55. The number of hydrogen-bond acceptors (Lipinski definition) is 4. The number of nitrogens with one attached hydrogen (secondary N) is 1. The fraction of sp³-hybridized carbons (Fsp3) is 0.556. The van der Waals surface area contributed by atoms with Crippen LogP contribution >= 0.6 is 0 Å². The van der Waals surface area contributed by atoms with Gasteiger partial charge in [-0.15, -0.1) is 0 Å². The summed E-state index contributed by atoms with van der Waals surface area (Å²) >= 11 is 0. The Labute approximate surface area is 148 Å². The van der Waals surface area contributed by atoms with E-state index in [1.165, 1.54) is 24.3 Å². The second kappa shape index (κ2) is 7.93. The summed E-state index contributed by atoms with van der Waals surface area (Å²) in [7, 11) is 0. The van der Waals surface area contributed by atoms with Gasteiger partial charge in [-0.1, -0.05) is 20.8 Å². The minimum Gasteiger partial charge on any atom is -0.339 e. The molecule has 0 saturated carbocycles. The molecule has 7 heteroatoms. The van der Waals surface area contributed by atoms with E-state index in [0.29, 0.717) is 31.9 Å². The number of anilines is 1. The molecule has 1 atom stereocenters. The van der Waals surface area contributed by atoms with E-state index >= 15 is 0 Å². The van der Waals surface area contributed by atoms with Crippen molar-refractivity contribution in [3.63, 3.8) is 0 Å². The minimum atomic E-state index is -0.527. The van der Waals surface area contributed by atoms with E-state index in [2.05, 4.69) is 5.32 Å². The van der Waals surface area contributed by atoms with Crippen LogP contribution in [0.5, 0.6) is 0 Å². The van der Waals surface area contributed by atoms with Gasteiger partial charge in [-0.25, -0.2) is 4.39 Å². The molecule has 138 valence electrons. The third kappa shape index (κ3) is 5.51. The van der Waals surface area contributed by atoms with Gasteiger partial charge in [0.1, 0.15) is 5.82 Å².